The molecule has 1 N–H and O–H groups in total. The highest BCUT2D eigenvalue weighted by Crippen LogP contribution is 2.32. The number of aromatic carboxylic acids is 1. The molecule has 0 atom stereocenters. The van der Waals surface area contributed by atoms with Crippen molar-refractivity contribution in [3.05, 3.63) is 29.1 Å². The quantitative estimate of drug-likeness (QED) is 0.763. The van der Waals surface area contributed by atoms with Crippen molar-refractivity contribution in [2.45, 2.75) is 13.1 Å². The van der Waals surface area contributed by atoms with Gasteiger partial charge in [-0.25, -0.2) is 4.79 Å². The van der Waals surface area contributed by atoms with Crippen molar-refractivity contribution in [2.24, 2.45) is 0 Å². The van der Waals surface area contributed by atoms with Gasteiger partial charge in [0.05, 0.1) is 11.1 Å². The number of carboxylic acid groups (broad SMARTS) is 1. The van der Waals surface area contributed by atoms with E-state index in [9.17, 15) is 18.0 Å². The lowest BCUT2D eigenvalue weighted by atomic mass is 10.1. The Labute approximate surface area is 77.2 Å². The van der Waals surface area contributed by atoms with Crippen LogP contribution in [0.1, 0.15) is 21.5 Å². The van der Waals surface area contributed by atoms with E-state index in [0.717, 1.165) is 13.1 Å². The highest BCUT2D eigenvalue weighted by molar-refractivity contribution is 5.89. The van der Waals surface area contributed by atoms with Gasteiger partial charge in [0.1, 0.15) is 0 Å². The van der Waals surface area contributed by atoms with Crippen molar-refractivity contribution in [2.75, 3.05) is 0 Å². The van der Waals surface area contributed by atoms with Gasteiger partial charge in [-0.2, -0.15) is 13.2 Å². The maximum atomic E-state index is 12.3. The Morgan fingerprint density at radius 1 is 1.43 bits per heavy atom. The van der Waals surface area contributed by atoms with Gasteiger partial charge >= 0.3 is 12.1 Å². The zero-order chi connectivity index (χ0) is 10.9. The third-order valence-electron chi connectivity index (χ3n) is 1.75. The molecule has 0 radical (unpaired) electrons. The lowest BCUT2D eigenvalue weighted by molar-refractivity contribution is -0.138. The lowest BCUT2D eigenvalue weighted by Crippen LogP contribution is -2.12. The summed E-state index contributed by atoms with van der Waals surface area (Å²) < 4.78 is 36.8. The zero-order valence-corrected chi connectivity index (χ0v) is 7.09. The highest BCUT2D eigenvalue weighted by Gasteiger charge is 2.34. The maximum absolute atomic E-state index is 12.3. The summed E-state index contributed by atoms with van der Waals surface area (Å²) in [7, 11) is 0. The molecule has 14 heavy (non-hydrogen) atoms. The predicted molar refractivity (Wildman–Crippen MR) is 40.9 cm³/mol. The molecule has 0 aliphatic heterocycles. The van der Waals surface area contributed by atoms with Crippen LogP contribution in [0.25, 0.3) is 0 Å². The Morgan fingerprint density at radius 3 is 2.43 bits per heavy atom. The molecular formula is C8H6F3NO2. The Morgan fingerprint density at radius 2 is 2.00 bits per heavy atom. The van der Waals surface area contributed by atoms with Gasteiger partial charge in [0.15, 0.2) is 0 Å². The minimum Gasteiger partial charge on any atom is -0.478 e. The van der Waals surface area contributed by atoms with E-state index in [4.69, 9.17) is 5.11 Å². The fraction of sp³-hybridized carbons (Fsp3) is 0.250. The lowest BCUT2D eigenvalue weighted by Gasteiger charge is -2.10. The molecule has 0 saturated heterocycles. The standard InChI is InChI=1S/C8H6F3NO2/c1-4-5(7(13)14)2-12-3-6(4)8(9,10)11/h2-3H,1H3,(H,13,14). The van der Waals surface area contributed by atoms with Gasteiger partial charge in [0, 0.05) is 12.4 Å². The maximum Gasteiger partial charge on any atom is 0.418 e. The van der Waals surface area contributed by atoms with E-state index in [-0.39, 0.29) is 5.56 Å². The second-order valence-corrected chi connectivity index (χ2v) is 2.66. The minimum absolute atomic E-state index is 0.319. The van der Waals surface area contributed by atoms with Crippen LogP contribution in [0.3, 0.4) is 0 Å². The minimum atomic E-state index is -4.57. The molecule has 0 fully saturated rings. The third-order valence-corrected chi connectivity index (χ3v) is 1.75. The van der Waals surface area contributed by atoms with Gasteiger partial charge < -0.3 is 5.11 Å². The van der Waals surface area contributed by atoms with E-state index in [2.05, 4.69) is 4.98 Å². The number of hydrogen-bond acceptors (Lipinski definition) is 2. The van der Waals surface area contributed by atoms with Crippen molar-refractivity contribution < 1.29 is 23.1 Å². The molecule has 1 rings (SSSR count). The SMILES string of the molecule is Cc1c(C(=O)O)cncc1C(F)(F)F. The van der Waals surface area contributed by atoms with Crippen LogP contribution in [0.4, 0.5) is 13.2 Å². The summed E-state index contributed by atoms with van der Waals surface area (Å²) >= 11 is 0. The predicted octanol–water partition coefficient (Wildman–Crippen LogP) is 2.11. The first-order valence-electron chi connectivity index (χ1n) is 3.59. The van der Waals surface area contributed by atoms with Gasteiger partial charge in [-0.3, -0.25) is 4.98 Å². The number of rotatable bonds is 1. The first-order valence-corrected chi connectivity index (χ1v) is 3.59. The number of alkyl halides is 3. The molecule has 3 nitrogen and oxygen atoms in total. The van der Waals surface area contributed by atoms with Gasteiger partial charge in [0.2, 0.25) is 0 Å². The number of hydrogen-bond donors (Lipinski definition) is 1. The van der Waals surface area contributed by atoms with E-state index in [1.807, 2.05) is 0 Å². The van der Waals surface area contributed by atoms with Gasteiger partial charge in [-0.05, 0) is 12.5 Å². The van der Waals surface area contributed by atoms with Crippen LogP contribution >= 0.6 is 0 Å². The van der Waals surface area contributed by atoms with Gasteiger partial charge in [-0.1, -0.05) is 0 Å². The smallest absolute Gasteiger partial charge is 0.418 e. The van der Waals surface area contributed by atoms with E-state index in [1.54, 1.807) is 0 Å². The first-order chi connectivity index (χ1) is 6.34. The second-order valence-electron chi connectivity index (χ2n) is 2.66. The summed E-state index contributed by atoms with van der Waals surface area (Å²) in [6, 6.07) is 0. The van der Waals surface area contributed by atoms with E-state index >= 15 is 0 Å². The van der Waals surface area contributed by atoms with Crippen molar-refractivity contribution >= 4 is 5.97 Å². The molecule has 0 aromatic carbocycles. The summed E-state index contributed by atoms with van der Waals surface area (Å²) in [5.41, 5.74) is -1.77. The Balaban J connectivity index is 3.35. The zero-order valence-electron chi connectivity index (χ0n) is 7.09. The molecule has 0 saturated carbocycles. The molecular weight excluding hydrogens is 199 g/mol. The molecule has 0 amide bonds. The molecule has 0 spiro atoms. The second kappa shape index (κ2) is 3.28. The Bertz CT molecular complexity index is 373. The number of halogens is 3. The van der Waals surface area contributed by atoms with Crippen LogP contribution in [0.15, 0.2) is 12.4 Å². The van der Waals surface area contributed by atoms with Crippen molar-refractivity contribution in [3.8, 4) is 0 Å². The average Bonchev–Trinajstić information content (AvgIpc) is 2.01. The van der Waals surface area contributed by atoms with Crippen molar-refractivity contribution in [3.63, 3.8) is 0 Å². The van der Waals surface area contributed by atoms with Crippen LogP contribution < -0.4 is 0 Å². The monoisotopic (exact) mass is 205 g/mol. The summed E-state index contributed by atoms with van der Waals surface area (Å²) in [5.74, 6) is -1.42. The van der Waals surface area contributed by atoms with E-state index < -0.39 is 23.3 Å². The molecule has 1 heterocycles. The molecule has 6 heteroatoms. The summed E-state index contributed by atoms with van der Waals surface area (Å²) in [6.45, 7) is 1.11. The van der Waals surface area contributed by atoms with Gasteiger partial charge in [-0.15, -0.1) is 0 Å². The molecule has 0 aliphatic carbocycles. The van der Waals surface area contributed by atoms with Crippen LogP contribution in [0, 0.1) is 6.92 Å². The third kappa shape index (κ3) is 1.84. The number of carboxylic acids is 1. The number of carbonyl (C=O) groups is 1. The number of aromatic nitrogens is 1. The van der Waals surface area contributed by atoms with Gasteiger partial charge in [0.25, 0.3) is 0 Å². The van der Waals surface area contributed by atoms with E-state index in [0.29, 0.717) is 6.20 Å². The van der Waals surface area contributed by atoms with E-state index in [1.165, 1.54) is 0 Å². The van der Waals surface area contributed by atoms with Crippen LogP contribution in [0.5, 0.6) is 0 Å². The number of nitrogens with zero attached hydrogens (tertiary/aromatic N) is 1. The molecule has 1 aromatic rings. The largest absolute Gasteiger partial charge is 0.478 e. The Hall–Kier alpha value is -1.59. The topological polar surface area (TPSA) is 50.2 Å². The fourth-order valence-electron chi connectivity index (χ4n) is 1.03. The summed E-state index contributed by atoms with van der Waals surface area (Å²) in [5, 5.41) is 8.55. The number of pyridine rings is 1. The van der Waals surface area contributed by atoms with Crippen LogP contribution in [-0.2, 0) is 6.18 Å². The average molecular weight is 205 g/mol. The first kappa shape index (κ1) is 10.5. The summed E-state index contributed by atoms with van der Waals surface area (Å²) in [6.07, 6.45) is -3.06. The molecule has 76 valence electrons. The molecule has 0 unspecified atom stereocenters. The van der Waals surface area contributed by atoms with Crippen molar-refractivity contribution in [1.29, 1.82) is 0 Å². The highest BCUT2D eigenvalue weighted by atomic mass is 19.4. The molecule has 0 bridgehead atoms. The van der Waals surface area contributed by atoms with Crippen LogP contribution in [-0.4, -0.2) is 16.1 Å². The normalized spacial score (nSPS) is 11.4. The summed E-state index contributed by atoms with van der Waals surface area (Å²) in [4.78, 5) is 13.7. The van der Waals surface area contributed by atoms with Crippen LogP contribution in [0.2, 0.25) is 0 Å². The fourth-order valence-corrected chi connectivity index (χ4v) is 1.03. The molecule has 0 aliphatic rings. The van der Waals surface area contributed by atoms with Crippen molar-refractivity contribution in [1.82, 2.24) is 4.98 Å². The molecule has 1 aromatic heterocycles. The Kier molecular flexibility index (Phi) is 2.46.